The van der Waals surface area contributed by atoms with Crippen LogP contribution in [-0.2, 0) is 14.3 Å². The van der Waals surface area contributed by atoms with E-state index in [-0.39, 0.29) is 36.0 Å². The van der Waals surface area contributed by atoms with E-state index in [9.17, 15) is 19.2 Å². The predicted octanol–water partition coefficient (Wildman–Crippen LogP) is 5.16. The van der Waals surface area contributed by atoms with Crippen molar-refractivity contribution < 1.29 is 47.6 Å². The molecule has 0 fully saturated rings. The maximum Gasteiger partial charge on any atom is 0.513 e. The van der Waals surface area contributed by atoms with Crippen LogP contribution < -0.4 is 18.9 Å². The highest BCUT2D eigenvalue weighted by Crippen LogP contribution is 2.21. The van der Waals surface area contributed by atoms with Gasteiger partial charge < -0.3 is 28.4 Å². The number of ether oxygens (including phenoxy) is 6. The molecule has 10 heteroatoms. The molecule has 0 amide bonds. The van der Waals surface area contributed by atoms with E-state index in [1.54, 1.807) is 24.3 Å². The van der Waals surface area contributed by atoms with E-state index in [4.69, 9.17) is 28.4 Å². The third kappa shape index (κ3) is 9.36. The van der Waals surface area contributed by atoms with Crippen molar-refractivity contribution in [1.82, 2.24) is 0 Å². The molecule has 0 radical (unpaired) electrons. The first-order chi connectivity index (χ1) is 18.9. The summed E-state index contributed by atoms with van der Waals surface area (Å²) in [5.74, 6) is -0.364. The molecule has 39 heavy (non-hydrogen) atoms. The maximum absolute atomic E-state index is 12.4. The van der Waals surface area contributed by atoms with Crippen LogP contribution in [0.3, 0.4) is 0 Å². The van der Waals surface area contributed by atoms with Gasteiger partial charge in [-0.05, 0) is 85.6 Å². The van der Waals surface area contributed by atoms with Gasteiger partial charge >= 0.3 is 24.1 Å². The van der Waals surface area contributed by atoms with E-state index in [2.05, 4.69) is 6.58 Å². The summed E-state index contributed by atoms with van der Waals surface area (Å²) in [5, 5.41) is 0. The Morgan fingerprint density at radius 3 is 1.49 bits per heavy atom. The molecule has 0 saturated heterocycles. The smallest absolute Gasteiger partial charge is 0.497 e. The van der Waals surface area contributed by atoms with E-state index < -0.39 is 24.1 Å². The number of esters is 3. The van der Waals surface area contributed by atoms with Gasteiger partial charge in [-0.15, -0.1) is 0 Å². The lowest BCUT2D eigenvalue weighted by Crippen LogP contribution is -2.12. The van der Waals surface area contributed by atoms with Crippen molar-refractivity contribution in [3.63, 3.8) is 0 Å². The summed E-state index contributed by atoms with van der Waals surface area (Å²) in [5.41, 5.74) is 0.579. The van der Waals surface area contributed by atoms with E-state index in [1.165, 1.54) is 55.6 Å². The average molecular weight is 535 g/mol. The largest absolute Gasteiger partial charge is 0.513 e. The summed E-state index contributed by atoms with van der Waals surface area (Å²) < 4.78 is 30.6. The van der Waals surface area contributed by atoms with Crippen LogP contribution in [0, 0.1) is 0 Å². The Hall–Kier alpha value is -5.12. The summed E-state index contributed by atoms with van der Waals surface area (Å²) in [4.78, 5) is 47.4. The summed E-state index contributed by atoms with van der Waals surface area (Å²) in [6, 6.07) is 18.2. The van der Waals surface area contributed by atoms with Crippen LogP contribution >= 0.6 is 0 Å². The van der Waals surface area contributed by atoms with E-state index in [1.807, 2.05) is 0 Å². The molecule has 0 aromatic heterocycles. The quantitative estimate of drug-likeness (QED) is 0.101. The minimum atomic E-state index is -0.902. The Labute approximate surface area is 224 Å². The minimum Gasteiger partial charge on any atom is -0.497 e. The molecule has 3 aromatic carbocycles. The van der Waals surface area contributed by atoms with E-state index in [0.29, 0.717) is 24.2 Å². The van der Waals surface area contributed by atoms with Crippen LogP contribution in [0.15, 0.2) is 85.5 Å². The van der Waals surface area contributed by atoms with Crippen LogP contribution in [-0.4, -0.2) is 44.4 Å². The number of unbranched alkanes of at least 4 members (excludes halogenated alkanes) is 1. The fourth-order valence-corrected chi connectivity index (χ4v) is 3.01. The van der Waals surface area contributed by atoms with Crippen LogP contribution in [0.2, 0.25) is 0 Å². The molecule has 3 rings (SSSR count). The Morgan fingerprint density at radius 2 is 1.03 bits per heavy atom. The number of carbonyl (C=O) groups excluding carboxylic acids is 4. The normalized spacial score (nSPS) is 10.1. The zero-order valence-electron chi connectivity index (χ0n) is 21.1. The number of hydrogen-bond acceptors (Lipinski definition) is 10. The molecule has 0 aliphatic carbocycles. The van der Waals surface area contributed by atoms with Crippen molar-refractivity contribution in [2.45, 2.75) is 12.8 Å². The predicted molar refractivity (Wildman–Crippen MR) is 138 cm³/mol. The number of methoxy groups -OCH3 is 1. The molecule has 0 aliphatic rings. The standard InChI is InChI=1S/C29H26O10/c1-3-26(30)35-18-4-5-19-36-29(33)39-25-12-8-21(9-13-25)28(32)38-24-16-14-23(15-17-24)37-27(31)20-6-10-22(34-2)11-7-20/h3,6-17H,1,4-5,18-19H2,2H3. The molecule has 202 valence electrons. The highest BCUT2D eigenvalue weighted by molar-refractivity contribution is 5.92. The molecule has 0 atom stereocenters. The third-order valence-electron chi connectivity index (χ3n) is 5.03. The molecule has 0 unspecified atom stereocenters. The molecule has 3 aromatic rings. The lowest BCUT2D eigenvalue weighted by Gasteiger charge is -2.08. The Balaban J connectivity index is 1.41. The molecule has 0 heterocycles. The van der Waals surface area contributed by atoms with Crippen molar-refractivity contribution in [2.75, 3.05) is 20.3 Å². The van der Waals surface area contributed by atoms with Gasteiger partial charge in [0.05, 0.1) is 31.5 Å². The van der Waals surface area contributed by atoms with Gasteiger partial charge in [0.1, 0.15) is 23.0 Å². The van der Waals surface area contributed by atoms with Crippen molar-refractivity contribution in [1.29, 1.82) is 0 Å². The van der Waals surface area contributed by atoms with Gasteiger partial charge in [-0.2, -0.15) is 0 Å². The lowest BCUT2D eigenvalue weighted by atomic mass is 10.2. The topological polar surface area (TPSA) is 124 Å². The summed E-state index contributed by atoms with van der Waals surface area (Å²) >= 11 is 0. The number of carbonyl (C=O) groups is 4. The molecule has 0 bridgehead atoms. The Morgan fingerprint density at radius 1 is 0.615 bits per heavy atom. The summed E-state index contributed by atoms with van der Waals surface area (Å²) in [7, 11) is 1.53. The van der Waals surface area contributed by atoms with Crippen LogP contribution in [0.5, 0.6) is 23.0 Å². The SMILES string of the molecule is C=CC(=O)OCCCCOC(=O)Oc1ccc(C(=O)Oc2ccc(OC(=O)c3ccc(OC)cc3)cc2)cc1. The Kier molecular flexibility index (Phi) is 10.6. The number of hydrogen-bond donors (Lipinski definition) is 0. The second kappa shape index (κ2) is 14.6. The van der Waals surface area contributed by atoms with Crippen molar-refractivity contribution >= 4 is 24.1 Å². The van der Waals surface area contributed by atoms with Gasteiger partial charge in [-0.25, -0.2) is 19.2 Å². The molecule has 0 aliphatic heterocycles. The molecular weight excluding hydrogens is 508 g/mol. The molecule has 0 saturated carbocycles. The lowest BCUT2D eigenvalue weighted by molar-refractivity contribution is -0.137. The van der Waals surface area contributed by atoms with Crippen molar-refractivity contribution in [3.8, 4) is 23.0 Å². The van der Waals surface area contributed by atoms with Gasteiger partial charge in [0.25, 0.3) is 0 Å². The first-order valence-electron chi connectivity index (χ1n) is 11.8. The zero-order valence-corrected chi connectivity index (χ0v) is 21.1. The minimum absolute atomic E-state index is 0.0916. The molecular formula is C29H26O10. The first-order valence-corrected chi connectivity index (χ1v) is 11.8. The summed E-state index contributed by atoms with van der Waals surface area (Å²) in [6.45, 7) is 3.58. The van der Waals surface area contributed by atoms with Crippen LogP contribution in [0.25, 0.3) is 0 Å². The molecule has 0 N–H and O–H groups in total. The van der Waals surface area contributed by atoms with Crippen LogP contribution in [0.4, 0.5) is 4.79 Å². The molecule has 0 spiro atoms. The first kappa shape index (κ1) is 28.5. The van der Waals surface area contributed by atoms with Gasteiger partial charge in [-0.1, -0.05) is 6.58 Å². The number of benzene rings is 3. The van der Waals surface area contributed by atoms with Gasteiger partial charge in [0.15, 0.2) is 0 Å². The maximum atomic E-state index is 12.4. The molecule has 10 nitrogen and oxygen atoms in total. The van der Waals surface area contributed by atoms with Gasteiger partial charge in [0, 0.05) is 6.08 Å². The second-order valence-corrected chi connectivity index (χ2v) is 7.78. The summed E-state index contributed by atoms with van der Waals surface area (Å²) in [6.07, 6.45) is 1.17. The third-order valence-corrected chi connectivity index (χ3v) is 5.03. The zero-order chi connectivity index (χ0) is 28.0. The van der Waals surface area contributed by atoms with Crippen molar-refractivity contribution in [3.05, 3.63) is 96.6 Å². The second-order valence-electron chi connectivity index (χ2n) is 7.78. The van der Waals surface area contributed by atoms with Crippen molar-refractivity contribution in [2.24, 2.45) is 0 Å². The van der Waals surface area contributed by atoms with E-state index in [0.717, 1.165) is 6.08 Å². The number of rotatable bonds is 12. The van der Waals surface area contributed by atoms with E-state index >= 15 is 0 Å². The average Bonchev–Trinajstić information content (AvgIpc) is 2.96. The highest BCUT2D eigenvalue weighted by atomic mass is 16.7. The van der Waals surface area contributed by atoms with Crippen LogP contribution in [0.1, 0.15) is 33.6 Å². The van der Waals surface area contributed by atoms with Gasteiger partial charge in [-0.3, -0.25) is 0 Å². The van der Waals surface area contributed by atoms with Gasteiger partial charge in [0.2, 0.25) is 0 Å². The highest BCUT2D eigenvalue weighted by Gasteiger charge is 2.13. The Bertz CT molecular complexity index is 1280. The monoisotopic (exact) mass is 534 g/mol. The fraction of sp³-hybridized carbons (Fsp3) is 0.172. The fourth-order valence-electron chi connectivity index (χ4n) is 3.01.